The first-order valence-corrected chi connectivity index (χ1v) is 6.24. The van der Waals surface area contributed by atoms with E-state index in [9.17, 15) is 0 Å². The van der Waals surface area contributed by atoms with Gasteiger partial charge in [0.05, 0.1) is 11.6 Å². The van der Waals surface area contributed by atoms with E-state index in [1.54, 1.807) is 0 Å². The van der Waals surface area contributed by atoms with Gasteiger partial charge in [0.15, 0.2) is 0 Å². The summed E-state index contributed by atoms with van der Waals surface area (Å²) in [7, 11) is 0. The van der Waals surface area contributed by atoms with E-state index >= 15 is 0 Å². The van der Waals surface area contributed by atoms with Crippen molar-refractivity contribution in [2.75, 3.05) is 0 Å². The molecule has 17 heavy (non-hydrogen) atoms. The van der Waals surface area contributed by atoms with E-state index in [0.717, 1.165) is 5.56 Å². The summed E-state index contributed by atoms with van der Waals surface area (Å²) in [5.74, 6) is 0. The molecule has 0 N–H and O–H groups in total. The Balaban J connectivity index is 2.93. The Labute approximate surface area is 105 Å². The second-order valence-electron chi connectivity index (χ2n) is 5.04. The molecule has 0 fully saturated rings. The lowest BCUT2D eigenvalue weighted by Gasteiger charge is -2.36. The van der Waals surface area contributed by atoms with Gasteiger partial charge in [0.25, 0.3) is 0 Å². The number of hydrogen-bond donors (Lipinski definition) is 0. The highest BCUT2D eigenvalue weighted by molar-refractivity contribution is 5.32. The maximum absolute atomic E-state index is 8.79. The Bertz CT molecular complexity index is 376. The van der Waals surface area contributed by atoms with E-state index in [4.69, 9.17) is 5.26 Å². The Morgan fingerprint density at radius 2 is 1.41 bits per heavy atom. The summed E-state index contributed by atoms with van der Waals surface area (Å²) in [5.41, 5.74) is 1.99. The van der Waals surface area contributed by atoms with E-state index < -0.39 is 0 Å². The van der Waals surface area contributed by atoms with Gasteiger partial charge in [-0.15, -0.1) is 0 Å². The van der Waals surface area contributed by atoms with Crippen LogP contribution in [0.5, 0.6) is 0 Å². The molecule has 1 aromatic rings. The van der Waals surface area contributed by atoms with E-state index in [0.29, 0.717) is 18.1 Å². The first-order chi connectivity index (χ1) is 7.97. The van der Waals surface area contributed by atoms with Gasteiger partial charge in [0.1, 0.15) is 0 Å². The van der Waals surface area contributed by atoms with Crippen LogP contribution in [-0.4, -0.2) is 17.0 Å². The van der Waals surface area contributed by atoms with Crippen molar-refractivity contribution in [3.05, 3.63) is 35.4 Å². The fraction of sp³-hybridized carbons (Fsp3) is 0.533. The average molecular weight is 230 g/mol. The van der Waals surface area contributed by atoms with Gasteiger partial charge < -0.3 is 0 Å². The van der Waals surface area contributed by atoms with Gasteiger partial charge in [0, 0.05) is 18.1 Å². The molecule has 0 aliphatic carbocycles. The lowest BCUT2D eigenvalue weighted by atomic mass is 10.0. The fourth-order valence-corrected chi connectivity index (χ4v) is 2.50. The van der Waals surface area contributed by atoms with Gasteiger partial charge in [-0.25, -0.2) is 0 Å². The molecule has 0 bridgehead atoms. The van der Waals surface area contributed by atoms with Crippen molar-refractivity contribution in [2.45, 2.75) is 52.7 Å². The Morgan fingerprint density at radius 3 is 1.76 bits per heavy atom. The lowest BCUT2D eigenvalue weighted by Crippen LogP contribution is -2.38. The van der Waals surface area contributed by atoms with Gasteiger partial charge in [0.2, 0.25) is 0 Å². The summed E-state index contributed by atoms with van der Waals surface area (Å²) >= 11 is 0. The van der Waals surface area contributed by atoms with Crippen molar-refractivity contribution in [1.82, 2.24) is 4.90 Å². The maximum atomic E-state index is 8.79. The number of hydrogen-bond acceptors (Lipinski definition) is 2. The number of benzene rings is 1. The van der Waals surface area contributed by atoms with Crippen LogP contribution in [0.4, 0.5) is 0 Å². The number of rotatable bonds is 4. The molecular formula is C15H22N2. The van der Waals surface area contributed by atoms with Crippen LogP contribution in [0.1, 0.15) is 51.8 Å². The zero-order chi connectivity index (χ0) is 13.0. The van der Waals surface area contributed by atoms with Crippen molar-refractivity contribution >= 4 is 0 Å². The molecule has 0 radical (unpaired) electrons. The molecule has 1 aromatic carbocycles. The van der Waals surface area contributed by atoms with Crippen LogP contribution in [0.25, 0.3) is 0 Å². The summed E-state index contributed by atoms with van der Waals surface area (Å²) in [6, 6.07) is 11.5. The molecule has 92 valence electrons. The first-order valence-electron chi connectivity index (χ1n) is 6.24. The van der Waals surface area contributed by atoms with Gasteiger partial charge in [-0.05, 0) is 52.3 Å². The smallest absolute Gasteiger partial charge is 0.0991 e. The summed E-state index contributed by atoms with van der Waals surface area (Å²) in [5, 5.41) is 8.79. The average Bonchev–Trinajstić information content (AvgIpc) is 2.28. The highest BCUT2D eigenvalue weighted by Crippen LogP contribution is 2.24. The number of nitrogens with zero attached hydrogens (tertiary/aromatic N) is 2. The zero-order valence-corrected chi connectivity index (χ0v) is 11.4. The second-order valence-corrected chi connectivity index (χ2v) is 5.04. The molecule has 0 saturated heterocycles. The van der Waals surface area contributed by atoms with E-state index in [1.165, 1.54) is 5.56 Å². The maximum Gasteiger partial charge on any atom is 0.0991 e. The molecule has 0 heterocycles. The molecule has 1 rings (SSSR count). The molecule has 2 nitrogen and oxygen atoms in total. The van der Waals surface area contributed by atoms with Gasteiger partial charge in [-0.2, -0.15) is 5.26 Å². The predicted molar refractivity (Wildman–Crippen MR) is 71.7 cm³/mol. The standard InChI is InChI=1S/C15H22N2/c1-11(2)17(12(3)4)13(5)15-8-6-14(10-16)7-9-15/h6-9,11-13H,1-5H3. The van der Waals surface area contributed by atoms with Gasteiger partial charge >= 0.3 is 0 Å². The summed E-state index contributed by atoms with van der Waals surface area (Å²) in [6.07, 6.45) is 0. The largest absolute Gasteiger partial charge is 0.292 e. The molecule has 0 spiro atoms. The molecular weight excluding hydrogens is 208 g/mol. The third-order valence-corrected chi connectivity index (χ3v) is 3.16. The third kappa shape index (κ3) is 3.31. The third-order valence-electron chi connectivity index (χ3n) is 3.16. The highest BCUT2D eigenvalue weighted by atomic mass is 15.2. The summed E-state index contributed by atoms with van der Waals surface area (Å²) < 4.78 is 0. The Morgan fingerprint density at radius 1 is 0.941 bits per heavy atom. The SMILES string of the molecule is CC(C)N(C(C)C)C(C)c1ccc(C#N)cc1. The Kier molecular flexibility index (Phi) is 4.72. The Hall–Kier alpha value is -1.33. The molecule has 0 aliphatic rings. The molecule has 0 amide bonds. The fourth-order valence-electron chi connectivity index (χ4n) is 2.50. The van der Waals surface area contributed by atoms with Crippen LogP contribution in [0.2, 0.25) is 0 Å². The van der Waals surface area contributed by atoms with Crippen molar-refractivity contribution in [3.63, 3.8) is 0 Å². The molecule has 1 unspecified atom stereocenters. The zero-order valence-electron chi connectivity index (χ0n) is 11.4. The van der Waals surface area contributed by atoms with Crippen LogP contribution in [0, 0.1) is 11.3 Å². The highest BCUT2D eigenvalue weighted by Gasteiger charge is 2.21. The van der Waals surface area contributed by atoms with Crippen molar-refractivity contribution < 1.29 is 0 Å². The van der Waals surface area contributed by atoms with Crippen molar-refractivity contribution in [1.29, 1.82) is 5.26 Å². The second kappa shape index (κ2) is 5.84. The van der Waals surface area contributed by atoms with Crippen LogP contribution < -0.4 is 0 Å². The van der Waals surface area contributed by atoms with Crippen molar-refractivity contribution in [3.8, 4) is 6.07 Å². The molecule has 2 heteroatoms. The van der Waals surface area contributed by atoms with Crippen LogP contribution in [-0.2, 0) is 0 Å². The topological polar surface area (TPSA) is 27.0 Å². The summed E-state index contributed by atoms with van der Waals surface area (Å²) in [6.45, 7) is 11.1. The predicted octanol–water partition coefficient (Wildman–Crippen LogP) is 3.74. The minimum atomic E-state index is 0.378. The first kappa shape index (κ1) is 13.7. The van der Waals surface area contributed by atoms with Gasteiger partial charge in [-0.1, -0.05) is 12.1 Å². The van der Waals surface area contributed by atoms with Crippen LogP contribution in [0.3, 0.4) is 0 Å². The van der Waals surface area contributed by atoms with Crippen LogP contribution >= 0.6 is 0 Å². The number of nitriles is 1. The molecule has 0 aliphatic heterocycles. The van der Waals surface area contributed by atoms with Crippen LogP contribution in [0.15, 0.2) is 24.3 Å². The monoisotopic (exact) mass is 230 g/mol. The normalized spacial score (nSPS) is 13.1. The molecule has 0 saturated carbocycles. The summed E-state index contributed by atoms with van der Waals surface area (Å²) in [4.78, 5) is 2.47. The van der Waals surface area contributed by atoms with E-state index in [1.807, 2.05) is 12.1 Å². The minimum Gasteiger partial charge on any atom is -0.292 e. The van der Waals surface area contributed by atoms with Gasteiger partial charge in [-0.3, -0.25) is 4.90 Å². The van der Waals surface area contributed by atoms with E-state index in [2.05, 4.69) is 57.7 Å². The lowest BCUT2D eigenvalue weighted by molar-refractivity contribution is 0.123. The molecule has 1 atom stereocenters. The van der Waals surface area contributed by atoms with Crippen molar-refractivity contribution in [2.24, 2.45) is 0 Å². The van der Waals surface area contributed by atoms with E-state index in [-0.39, 0.29) is 0 Å². The minimum absolute atomic E-state index is 0.378. The quantitative estimate of drug-likeness (QED) is 0.788. The molecule has 0 aromatic heterocycles.